The Morgan fingerprint density at radius 2 is 2.10 bits per heavy atom. The Morgan fingerprint density at radius 1 is 1.30 bits per heavy atom. The predicted octanol–water partition coefficient (Wildman–Crippen LogP) is 3.22. The van der Waals surface area contributed by atoms with Crippen LogP contribution in [0.15, 0.2) is 36.4 Å². The lowest BCUT2D eigenvalue weighted by molar-refractivity contribution is 0.0988. The molecular formula is C15H12FIN2O. The Bertz CT molecular complexity index is 702. The lowest BCUT2D eigenvalue weighted by Gasteiger charge is -2.18. The van der Waals surface area contributed by atoms with E-state index >= 15 is 0 Å². The average molecular weight is 382 g/mol. The molecule has 2 aromatic rings. The first-order valence-electron chi connectivity index (χ1n) is 6.22. The number of rotatable bonds is 1. The van der Waals surface area contributed by atoms with Crippen LogP contribution in [-0.4, -0.2) is 12.5 Å². The van der Waals surface area contributed by atoms with Gasteiger partial charge in [-0.05, 0) is 59.3 Å². The molecule has 20 heavy (non-hydrogen) atoms. The summed E-state index contributed by atoms with van der Waals surface area (Å²) in [5.41, 5.74) is 9.03. The number of anilines is 2. The number of nitrogen functional groups attached to an aromatic ring is 1. The van der Waals surface area contributed by atoms with Gasteiger partial charge in [-0.2, -0.15) is 0 Å². The molecule has 0 atom stereocenters. The first-order valence-corrected chi connectivity index (χ1v) is 7.30. The Balaban J connectivity index is 2.00. The Kier molecular flexibility index (Phi) is 3.37. The molecule has 1 aliphatic rings. The van der Waals surface area contributed by atoms with Gasteiger partial charge in [0.15, 0.2) is 0 Å². The van der Waals surface area contributed by atoms with Crippen molar-refractivity contribution in [3.05, 3.63) is 56.9 Å². The van der Waals surface area contributed by atoms with Crippen LogP contribution in [-0.2, 0) is 6.42 Å². The Morgan fingerprint density at radius 3 is 2.85 bits per heavy atom. The van der Waals surface area contributed by atoms with Crippen molar-refractivity contribution < 1.29 is 9.18 Å². The number of nitrogens with two attached hydrogens (primary N) is 1. The third-order valence-electron chi connectivity index (χ3n) is 3.47. The molecule has 0 aromatic heterocycles. The van der Waals surface area contributed by atoms with Crippen LogP contribution in [0.25, 0.3) is 0 Å². The molecular weight excluding hydrogens is 370 g/mol. The highest BCUT2D eigenvalue weighted by molar-refractivity contribution is 14.1. The number of nitrogens with zero attached hydrogens (tertiary/aromatic N) is 1. The fraction of sp³-hybridized carbons (Fsp3) is 0.133. The van der Waals surface area contributed by atoms with E-state index in [0.717, 1.165) is 17.7 Å². The van der Waals surface area contributed by atoms with Crippen molar-refractivity contribution in [3.8, 4) is 0 Å². The summed E-state index contributed by atoms with van der Waals surface area (Å²) in [6.45, 7) is 0.607. The van der Waals surface area contributed by atoms with Gasteiger partial charge in [-0.25, -0.2) is 4.39 Å². The van der Waals surface area contributed by atoms with Crippen LogP contribution in [0, 0.1) is 9.39 Å². The van der Waals surface area contributed by atoms with E-state index in [1.54, 1.807) is 4.90 Å². The minimum atomic E-state index is -0.336. The molecule has 1 aliphatic heterocycles. The van der Waals surface area contributed by atoms with E-state index in [1.165, 1.54) is 18.2 Å². The van der Waals surface area contributed by atoms with Gasteiger partial charge in [-0.3, -0.25) is 4.79 Å². The number of carbonyl (C=O) groups is 1. The van der Waals surface area contributed by atoms with E-state index in [-0.39, 0.29) is 11.7 Å². The SMILES string of the molecule is Nc1cccc2c1CCN2C(=O)c1ccc(F)cc1I. The predicted molar refractivity (Wildman–Crippen MR) is 85.4 cm³/mol. The topological polar surface area (TPSA) is 46.3 Å². The second kappa shape index (κ2) is 5.05. The second-order valence-corrected chi connectivity index (χ2v) is 5.84. The molecule has 2 N–H and O–H groups in total. The maximum absolute atomic E-state index is 13.1. The lowest BCUT2D eigenvalue weighted by atomic mass is 10.1. The smallest absolute Gasteiger partial charge is 0.259 e. The van der Waals surface area contributed by atoms with Gasteiger partial charge in [0.2, 0.25) is 0 Å². The molecule has 0 radical (unpaired) electrons. The fourth-order valence-electron chi connectivity index (χ4n) is 2.48. The number of fused-ring (bicyclic) bond motifs is 1. The second-order valence-electron chi connectivity index (χ2n) is 4.68. The van der Waals surface area contributed by atoms with Gasteiger partial charge in [0.05, 0.1) is 5.56 Å². The number of hydrogen-bond acceptors (Lipinski definition) is 2. The van der Waals surface area contributed by atoms with Crippen LogP contribution in [0.2, 0.25) is 0 Å². The fourth-order valence-corrected chi connectivity index (χ4v) is 3.19. The normalized spacial score (nSPS) is 13.4. The maximum atomic E-state index is 13.1. The number of benzene rings is 2. The van der Waals surface area contributed by atoms with Crippen molar-refractivity contribution >= 4 is 39.9 Å². The van der Waals surface area contributed by atoms with Crippen molar-refractivity contribution in [1.29, 1.82) is 0 Å². The van der Waals surface area contributed by atoms with E-state index in [1.807, 2.05) is 40.8 Å². The summed E-state index contributed by atoms with van der Waals surface area (Å²) in [7, 11) is 0. The van der Waals surface area contributed by atoms with Crippen LogP contribution in [0.4, 0.5) is 15.8 Å². The lowest BCUT2D eigenvalue weighted by Crippen LogP contribution is -2.29. The van der Waals surface area contributed by atoms with Gasteiger partial charge >= 0.3 is 0 Å². The van der Waals surface area contributed by atoms with Crippen molar-refractivity contribution in [2.45, 2.75) is 6.42 Å². The third-order valence-corrected chi connectivity index (χ3v) is 4.36. The summed E-state index contributed by atoms with van der Waals surface area (Å²) in [4.78, 5) is 14.3. The molecule has 102 valence electrons. The van der Waals surface area contributed by atoms with E-state index in [2.05, 4.69) is 0 Å². The third kappa shape index (κ3) is 2.15. The van der Waals surface area contributed by atoms with Crippen LogP contribution in [0.1, 0.15) is 15.9 Å². The highest BCUT2D eigenvalue weighted by Gasteiger charge is 2.27. The van der Waals surface area contributed by atoms with Gasteiger partial charge < -0.3 is 10.6 Å². The molecule has 0 saturated carbocycles. The van der Waals surface area contributed by atoms with Crippen LogP contribution < -0.4 is 10.6 Å². The standard InChI is InChI=1S/C15H12FIN2O/c16-9-4-5-10(12(17)8-9)15(20)19-7-6-11-13(18)2-1-3-14(11)19/h1-5,8H,6-7,18H2. The molecule has 3 nitrogen and oxygen atoms in total. The highest BCUT2D eigenvalue weighted by Crippen LogP contribution is 2.33. The monoisotopic (exact) mass is 382 g/mol. The average Bonchev–Trinajstić information content (AvgIpc) is 2.83. The summed E-state index contributed by atoms with van der Waals surface area (Å²) in [5.74, 6) is -0.448. The molecule has 0 saturated heterocycles. The summed E-state index contributed by atoms with van der Waals surface area (Å²) in [5, 5.41) is 0. The van der Waals surface area contributed by atoms with Crippen molar-refractivity contribution in [1.82, 2.24) is 0 Å². The van der Waals surface area contributed by atoms with Gasteiger partial charge in [-0.15, -0.1) is 0 Å². The maximum Gasteiger partial charge on any atom is 0.259 e. The van der Waals surface area contributed by atoms with Crippen molar-refractivity contribution in [2.24, 2.45) is 0 Å². The summed E-state index contributed by atoms with van der Waals surface area (Å²) < 4.78 is 13.7. The Hall–Kier alpha value is -1.63. The summed E-state index contributed by atoms with van der Waals surface area (Å²) >= 11 is 1.98. The van der Waals surface area contributed by atoms with E-state index < -0.39 is 0 Å². The number of hydrogen-bond donors (Lipinski definition) is 1. The van der Waals surface area contributed by atoms with E-state index in [4.69, 9.17) is 5.73 Å². The molecule has 0 spiro atoms. The summed E-state index contributed by atoms with van der Waals surface area (Å²) in [6, 6.07) is 9.79. The molecule has 3 rings (SSSR count). The molecule has 0 fully saturated rings. The first kappa shape index (κ1) is 13.4. The zero-order valence-electron chi connectivity index (χ0n) is 10.6. The van der Waals surface area contributed by atoms with E-state index in [9.17, 15) is 9.18 Å². The van der Waals surface area contributed by atoms with Gasteiger partial charge in [0.1, 0.15) is 5.82 Å². The zero-order chi connectivity index (χ0) is 14.3. The van der Waals surface area contributed by atoms with Crippen LogP contribution in [0.5, 0.6) is 0 Å². The summed E-state index contributed by atoms with van der Waals surface area (Å²) in [6.07, 6.45) is 0.755. The highest BCUT2D eigenvalue weighted by atomic mass is 127. The van der Waals surface area contributed by atoms with Gasteiger partial charge in [-0.1, -0.05) is 6.07 Å². The molecule has 5 heteroatoms. The molecule has 0 aliphatic carbocycles. The van der Waals surface area contributed by atoms with Crippen LogP contribution >= 0.6 is 22.6 Å². The number of amides is 1. The van der Waals surface area contributed by atoms with Gasteiger partial charge in [0.25, 0.3) is 5.91 Å². The zero-order valence-corrected chi connectivity index (χ0v) is 12.7. The quantitative estimate of drug-likeness (QED) is 0.608. The van der Waals surface area contributed by atoms with E-state index in [0.29, 0.717) is 21.4 Å². The molecule has 2 aromatic carbocycles. The molecule has 0 unspecified atom stereocenters. The molecule has 1 heterocycles. The molecule has 1 amide bonds. The molecule has 0 bridgehead atoms. The van der Waals surface area contributed by atoms with Crippen LogP contribution in [0.3, 0.4) is 0 Å². The minimum absolute atomic E-state index is 0.112. The first-order chi connectivity index (χ1) is 9.58. The van der Waals surface area contributed by atoms with Crippen molar-refractivity contribution in [2.75, 3.05) is 17.2 Å². The minimum Gasteiger partial charge on any atom is -0.398 e. The Labute approximate surface area is 129 Å². The number of carbonyl (C=O) groups excluding carboxylic acids is 1. The van der Waals surface area contributed by atoms with Gasteiger partial charge in [0, 0.05) is 27.1 Å². The largest absolute Gasteiger partial charge is 0.398 e. The number of halogens is 2. The van der Waals surface area contributed by atoms with Crippen molar-refractivity contribution in [3.63, 3.8) is 0 Å².